The van der Waals surface area contributed by atoms with Gasteiger partial charge in [0.2, 0.25) is 0 Å². The molecule has 3 aliphatic rings. The maximum absolute atomic E-state index is 13.3. The summed E-state index contributed by atoms with van der Waals surface area (Å²) in [6.45, 7) is 0.684. The molecule has 0 heterocycles. The molecule has 0 amide bonds. The number of benzene rings is 1. The van der Waals surface area contributed by atoms with Crippen LogP contribution in [0.3, 0.4) is 0 Å². The molecule has 0 radical (unpaired) electrons. The highest BCUT2D eigenvalue weighted by Gasteiger charge is 2.27. The molecule has 1 aromatic rings. The van der Waals surface area contributed by atoms with Gasteiger partial charge in [0.15, 0.2) is 0 Å². The highest BCUT2D eigenvalue weighted by atomic mass is 32.2. The van der Waals surface area contributed by atoms with E-state index in [1.54, 1.807) is 0 Å². The summed E-state index contributed by atoms with van der Waals surface area (Å²) in [6.07, 6.45) is 19.9. The summed E-state index contributed by atoms with van der Waals surface area (Å²) in [5, 5.41) is 14.3. The predicted octanol–water partition coefficient (Wildman–Crippen LogP) is 7.30. The van der Waals surface area contributed by atoms with Crippen molar-refractivity contribution in [3.63, 3.8) is 0 Å². The van der Waals surface area contributed by atoms with Gasteiger partial charge in [-0.2, -0.15) is 4.33 Å². The summed E-state index contributed by atoms with van der Waals surface area (Å²) < 4.78 is 21.4. The predicted molar refractivity (Wildman–Crippen MR) is 159 cm³/mol. The molecule has 0 aliphatic heterocycles. The first-order chi connectivity index (χ1) is 21.0. The van der Waals surface area contributed by atoms with Gasteiger partial charge in [0.25, 0.3) is 0 Å². The second-order valence-corrected chi connectivity index (χ2v) is 13.1. The summed E-state index contributed by atoms with van der Waals surface area (Å²) in [5.41, 5.74) is -0.118. The fourth-order valence-corrected chi connectivity index (χ4v) is 7.37. The molecule has 0 spiro atoms. The second-order valence-electron chi connectivity index (χ2n) is 12.4. The smallest absolute Gasteiger partial charge is 0.339 e. The summed E-state index contributed by atoms with van der Waals surface area (Å²) >= 11 is 0.422. The van der Waals surface area contributed by atoms with E-state index in [2.05, 4.69) is 9.37 Å². The number of rotatable bonds is 15. The van der Waals surface area contributed by atoms with Crippen LogP contribution in [0.2, 0.25) is 0 Å². The van der Waals surface area contributed by atoms with Crippen molar-refractivity contribution in [2.45, 2.75) is 120 Å². The third kappa shape index (κ3) is 11.1. The van der Waals surface area contributed by atoms with Crippen molar-refractivity contribution in [2.24, 2.45) is 17.8 Å². The molecule has 43 heavy (non-hydrogen) atoms. The molecular weight excluding hydrogens is 572 g/mol. The van der Waals surface area contributed by atoms with Crippen molar-refractivity contribution in [3.8, 4) is 0 Å². The number of ether oxygens (including phenoxy) is 3. The number of hydrogen-bond donors (Lipinski definition) is 0. The number of hydrogen-bond acceptors (Lipinski definition) is 10. The Hall–Kier alpha value is -2.14. The molecule has 10 heteroatoms. The lowest BCUT2D eigenvalue weighted by molar-refractivity contribution is -0.777. The monoisotopic (exact) mass is 619 g/mol. The lowest BCUT2D eigenvalue weighted by Gasteiger charge is -2.22. The van der Waals surface area contributed by atoms with Crippen molar-refractivity contribution in [1.29, 1.82) is 0 Å². The first-order valence-corrected chi connectivity index (χ1v) is 17.1. The molecule has 0 saturated heterocycles. The molecule has 0 N–H and O–H groups in total. The Morgan fingerprint density at radius 1 is 0.605 bits per heavy atom. The van der Waals surface area contributed by atoms with Crippen LogP contribution >= 0.6 is 12.0 Å². The molecule has 1 aromatic carbocycles. The summed E-state index contributed by atoms with van der Waals surface area (Å²) in [4.78, 5) is 39.9. The molecule has 3 fully saturated rings. The van der Waals surface area contributed by atoms with Crippen molar-refractivity contribution in [2.75, 3.05) is 19.8 Å². The topological polar surface area (TPSA) is 120 Å². The average molecular weight is 620 g/mol. The molecule has 3 aliphatic carbocycles. The zero-order valence-corrected chi connectivity index (χ0v) is 26.1. The lowest BCUT2D eigenvalue weighted by Crippen LogP contribution is -2.19. The third-order valence-electron chi connectivity index (χ3n) is 9.36. The van der Waals surface area contributed by atoms with Crippen LogP contribution in [-0.2, 0) is 23.6 Å². The highest BCUT2D eigenvalue weighted by Crippen LogP contribution is 2.33. The minimum Gasteiger partial charge on any atom is -0.691 e. The van der Waals surface area contributed by atoms with E-state index in [0.717, 1.165) is 57.8 Å². The van der Waals surface area contributed by atoms with E-state index in [-0.39, 0.29) is 41.4 Å². The summed E-state index contributed by atoms with van der Waals surface area (Å²) in [7, 11) is 0. The van der Waals surface area contributed by atoms with Gasteiger partial charge in [-0.05, 0) is 49.1 Å². The Morgan fingerprint density at radius 2 is 0.977 bits per heavy atom. The minimum absolute atomic E-state index is 0.0000570. The van der Waals surface area contributed by atoms with Gasteiger partial charge in [-0.3, -0.25) is 5.04 Å². The third-order valence-corrected chi connectivity index (χ3v) is 10.1. The van der Waals surface area contributed by atoms with Crippen molar-refractivity contribution >= 4 is 30.0 Å². The molecule has 9 nitrogen and oxygen atoms in total. The van der Waals surface area contributed by atoms with E-state index in [9.17, 15) is 19.6 Å². The fraction of sp³-hybridized carbons (Fsp3) is 0.727. The molecule has 4 rings (SSSR count). The molecule has 0 aromatic heterocycles. The van der Waals surface area contributed by atoms with Gasteiger partial charge in [0.1, 0.15) is 0 Å². The molecule has 0 bridgehead atoms. The largest absolute Gasteiger partial charge is 0.691 e. The molecule has 0 atom stereocenters. The van der Waals surface area contributed by atoms with E-state index >= 15 is 0 Å². The zero-order valence-electron chi connectivity index (χ0n) is 25.3. The van der Waals surface area contributed by atoms with E-state index in [1.165, 1.54) is 69.9 Å². The van der Waals surface area contributed by atoms with Crippen molar-refractivity contribution in [3.05, 3.63) is 28.8 Å². The van der Waals surface area contributed by atoms with Crippen LogP contribution in [0, 0.1) is 17.8 Å². The van der Waals surface area contributed by atoms with Crippen molar-refractivity contribution < 1.29 is 43.2 Å². The van der Waals surface area contributed by atoms with Crippen molar-refractivity contribution in [1.82, 2.24) is 0 Å². The van der Waals surface area contributed by atoms with Gasteiger partial charge in [-0.15, -0.1) is 0 Å². The molecule has 3 saturated carbocycles. The Labute approximate surface area is 259 Å². The van der Waals surface area contributed by atoms with Gasteiger partial charge in [0, 0.05) is 0 Å². The van der Waals surface area contributed by atoms with Crippen LogP contribution in [-0.4, -0.2) is 37.7 Å². The lowest BCUT2D eigenvalue weighted by atomic mass is 9.87. The Kier molecular flexibility index (Phi) is 14.6. The Morgan fingerprint density at radius 3 is 1.35 bits per heavy atom. The van der Waals surface area contributed by atoms with Gasteiger partial charge in [0.05, 0.1) is 53.4 Å². The van der Waals surface area contributed by atoms with Crippen LogP contribution in [0.15, 0.2) is 17.0 Å². The standard InChI is InChI=1S/C33H48O9S/c34-31(38-19-16-24-10-4-1-5-11-24)27-22-28(32(35)39-20-17-25-12-6-2-7-13-25)30(43-42-41-37)29(23-27)33(36)40-21-18-26-14-8-3-9-15-26/h22-26,37H,1-21H2/p-1. The number of carbonyl (C=O) groups is 3. The first-order valence-electron chi connectivity index (χ1n) is 16.4. The summed E-state index contributed by atoms with van der Waals surface area (Å²) in [5.74, 6) is -0.530. The summed E-state index contributed by atoms with van der Waals surface area (Å²) in [6, 6.07) is 2.67. The van der Waals surface area contributed by atoms with Crippen LogP contribution < -0.4 is 5.26 Å². The van der Waals surface area contributed by atoms with E-state index in [0.29, 0.717) is 29.8 Å². The van der Waals surface area contributed by atoms with Crippen LogP contribution in [0.4, 0.5) is 0 Å². The van der Waals surface area contributed by atoms with Crippen LogP contribution in [0.1, 0.15) is 147 Å². The number of esters is 3. The quantitative estimate of drug-likeness (QED) is 0.0650. The molecule has 0 unspecified atom stereocenters. The van der Waals surface area contributed by atoms with E-state index < -0.39 is 17.9 Å². The zero-order chi connectivity index (χ0) is 30.3. The van der Waals surface area contributed by atoms with E-state index in [4.69, 9.17) is 14.2 Å². The second kappa shape index (κ2) is 18.6. The Balaban J connectivity index is 1.49. The van der Waals surface area contributed by atoms with Crippen LogP contribution in [0.5, 0.6) is 0 Å². The van der Waals surface area contributed by atoms with Crippen LogP contribution in [0.25, 0.3) is 0 Å². The van der Waals surface area contributed by atoms with Gasteiger partial charge < -0.3 is 19.5 Å². The van der Waals surface area contributed by atoms with Gasteiger partial charge in [-0.1, -0.05) is 96.3 Å². The van der Waals surface area contributed by atoms with Gasteiger partial charge >= 0.3 is 17.9 Å². The highest BCUT2D eigenvalue weighted by molar-refractivity contribution is 7.94. The van der Waals surface area contributed by atoms with Gasteiger partial charge in [-0.25, -0.2) is 14.4 Å². The van der Waals surface area contributed by atoms with E-state index in [1.807, 2.05) is 0 Å². The number of carbonyl (C=O) groups excluding carboxylic acids is 3. The fourth-order valence-electron chi connectivity index (χ4n) is 6.81. The normalized spacial score (nSPS) is 18.7. The maximum atomic E-state index is 13.3. The minimum atomic E-state index is -0.721. The first kappa shape index (κ1) is 33.7. The maximum Gasteiger partial charge on any atom is 0.339 e. The molecule has 240 valence electrons. The Bertz CT molecular complexity index is 970. The molecular formula is C33H47O9S-. The average Bonchev–Trinajstić information content (AvgIpc) is 3.04. The SMILES string of the molecule is O=C(OCCC1CCCCC1)c1cc(C(=O)OCCC2CCCCC2)c(SOO[O-])c(C(=O)OCCC2CCCCC2)c1.